The van der Waals surface area contributed by atoms with E-state index in [2.05, 4.69) is 0 Å². The van der Waals surface area contributed by atoms with E-state index in [1.807, 2.05) is 0 Å². The zero-order valence-electron chi connectivity index (χ0n) is 13.6. The molecule has 0 aromatic heterocycles. The first kappa shape index (κ1) is 17.2. The van der Waals surface area contributed by atoms with Crippen LogP contribution in [0.15, 0.2) is 53.4 Å². The van der Waals surface area contributed by atoms with Gasteiger partial charge in [-0.05, 0) is 43.3 Å². The minimum Gasteiger partial charge on any atom is -0.462 e. The number of hydrogen-bond donors (Lipinski definition) is 0. The van der Waals surface area contributed by atoms with E-state index in [9.17, 15) is 18.0 Å². The number of hydrogen-bond acceptors (Lipinski definition) is 5. The molecule has 0 spiro atoms. The van der Waals surface area contributed by atoms with E-state index in [4.69, 9.17) is 4.74 Å². The van der Waals surface area contributed by atoms with Gasteiger partial charge in [0.2, 0.25) is 0 Å². The Labute approximate surface area is 146 Å². The topological polar surface area (TPSA) is 80.8 Å². The van der Waals surface area contributed by atoms with Crippen LogP contribution in [0.4, 0.5) is 5.69 Å². The molecule has 1 aliphatic heterocycles. The highest BCUT2D eigenvalue weighted by atomic mass is 32.2. The Kier molecular flexibility index (Phi) is 4.59. The summed E-state index contributed by atoms with van der Waals surface area (Å²) in [5, 5.41) is 0. The second-order valence-corrected chi connectivity index (χ2v) is 7.37. The van der Waals surface area contributed by atoms with Crippen LogP contribution in [-0.4, -0.2) is 33.3 Å². The molecular formula is C18H17NO5S. The lowest BCUT2D eigenvalue weighted by atomic mass is 10.0. The number of esters is 1. The zero-order chi connectivity index (χ0) is 18.0. The van der Waals surface area contributed by atoms with Crippen molar-refractivity contribution >= 4 is 27.5 Å². The third-order valence-corrected chi connectivity index (χ3v) is 5.80. The first-order valence-corrected chi connectivity index (χ1v) is 9.31. The molecule has 130 valence electrons. The minimum atomic E-state index is -3.82. The standard InChI is InChI=1S/C18H17NO5S/c1-2-24-18(21)13-7-9-14(10-8-13)25(22,23)19-12-11-17(20)15-5-3-4-6-16(15)19/h3-10H,2,11-12H2,1H3. The summed E-state index contributed by atoms with van der Waals surface area (Å²) < 4.78 is 32.1. The molecule has 0 bridgehead atoms. The van der Waals surface area contributed by atoms with Crippen molar-refractivity contribution in [3.05, 3.63) is 59.7 Å². The van der Waals surface area contributed by atoms with Crippen molar-refractivity contribution in [3.63, 3.8) is 0 Å². The molecule has 0 amide bonds. The van der Waals surface area contributed by atoms with Crippen molar-refractivity contribution < 1.29 is 22.7 Å². The Morgan fingerprint density at radius 2 is 1.80 bits per heavy atom. The summed E-state index contributed by atoms with van der Waals surface area (Å²) >= 11 is 0. The quantitative estimate of drug-likeness (QED) is 0.784. The van der Waals surface area contributed by atoms with Crippen molar-refractivity contribution in [2.45, 2.75) is 18.2 Å². The monoisotopic (exact) mass is 359 g/mol. The van der Waals surface area contributed by atoms with Crippen LogP contribution >= 0.6 is 0 Å². The Bertz CT molecular complexity index is 919. The lowest BCUT2D eigenvalue weighted by Gasteiger charge is -2.29. The highest BCUT2D eigenvalue weighted by Crippen LogP contribution is 2.31. The molecule has 0 N–H and O–H groups in total. The first-order valence-electron chi connectivity index (χ1n) is 7.87. The maximum atomic E-state index is 13.0. The molecule has 0 saturated carbocycles. The Hall–Kier alpha value is -2.67. The zero-order valence-corrected chi connectivity index (χ0v) is 14.5. The molecule has 6 nitrogen and oxygen atoms in total. The van der Waals surface area contributed by atoms with E-state index in [0.717, 1.165) is 0 Å². The van der Waals surface area contributed by atoms with E-state index in [1.165, 1.54) is 28.6 Å². The number of ether oxygens (including phenoxy) is 1. The fraction of sp³-hybridized carbons (Fsp3) is 0.222. The van der Waals surface area contributed by atoms with Gasteiger partial charge in [-0.2, -0.15) is 0 Å². The lowest BCUT2D eigenvalue weighted by molar-refractivity contribution is 0.0526. The summed E-state index contributed by atoms with van der Waals surface area (Å²) in [7, 11) is -3.82. The van der Waals surface area contributed by atoms with Crippen LogP contribution in [0.2, 0.25) is 0 Å². The van der Waals surface area contributed by atoms with Crippen LogP contribution in [0.1, 0.15) is 34.1 Å². The number of para-hydroxylation sites is 1. The number of fused-ring (bicyclic) bond motifs is 1. The van der Waals surface area contributed by atoms with Gasteiger partial charge >= 0.3 is 5.97 Å². The molecule has 1 heterocycles. The maximum absolute atomic E-state index is 13.0. The predicted molar refractivity (Wildman–Crippen MR) is 92.3 cm³/mol. The smallest absolute Gasteiger partial charge is 0.338 e. The van der Waals surface area contributed by atoms with Crippen LogP contribution in [0.3, 0.4) is 0 Å². The third-order valence-electron chi connectivity index (χ3n) is 3.97. The molecule has 3 rings (SSSR count). The van der Waals surface area contributed by atoms with Gasteiger partial charge in [0.1, 0.15) is 0 Å². The van der Waals surface area contributed by atoms with E-state index in [1.54, 1.807) is 31.2 Å². The molecule has 0 aliphatic carbocycles. The van der Waals surface area contributed by atoms with Gasteiger partial charge in [0.25, 0.3) is 10.0 Å². The molecule has 2 aromatic rings. The van der Waals surface area contributed by atoms with Crippen molar-refractivity contribution in [1.29, 1.82) is 0 Å². The number of carbonyl (C=O) groups excluding carboxylic acids is 2. The number of benzene rings is 2. The number of anilines is 1. The van der Waals surface area contributed by atoms with Gasteiger partial charge in [0.05, 0.1) is 22.8 Å². The van der Waals surface area contributed by atoms with E-state index in [0.29, 0.717) is 11.3 Å². The lowest BCUT2D eigenvalue weighted by Crippen LogP contribution is -2.37. The second-order valence-electron chi connectivity index (χ2n) is 5.51. The number of sulfonamides is 1. The average Bonchev–Trinajstić information content (AvgIpc) is 2.62. The van der Waals surface area contributed by atoms with Crippen molar-refractivity contribution in [1.82, 2.24) is 0 Å². The molecule has 1 aliphatic rings. The molecule has 0 atom stereocenters. The van der Waals surface area contributed by atoms with Gasteiger partial charge in [-0.3, -0.25) is 9.10 Å². The largest absolute Gasteiger partial charge is 0.462 e. The molecule has 0 saturated heterocycles. The van der Waals surface area contributed by atoms with Gasteiger partial charge in [-0.25, -0.2) is 13.2 Å². The van der Waals surface area contributed by atoms with Crippen LogP contribution in [0, 0.1) is 0 Å². The van der Waals surface area contributed by atoms with Crippen LogP contribution in [-0.2, 0) is 14.8 Å². The van der Waals surface area contributed by atoms with Gasteiger partial charge in [0, 0.05) is 18.5 Å². The van der Waals surface area contributed by atoms with Crippen LogP contribution < -0.4 is 4.31 Å². The summed E-state index contributed by atoms with van der Waals surface area (Å²) in [4.78, 5) is 23.8. The number of nitrogens with zero attached hydrogens (tertiary/aromatic N) is 1. The molecule has 2 aromatic carbocycles. The fourth-order valence-electron chi connectivity index (χ4n) is 2.74. The van der Waals surface area contributed by atoms with Crippen LogP contribution in [0.5, 0.6) is 0 Å². The second kappa shape index (κ2) is 6.68. The Morgan fingerprint density at radius 3 is 2.48 bits per heavy atom. The van der Waals surface area contributed by atoms with Gasteiger partial charge in [-0.1, -0.05) is 12.1 Å². The minimum absolute atomic E-state index is 0.0599. The Morgan fingerprint density at radius 1 is 1.12 bits per heavy atom. The van der Waals surface area contributed by atoms with Crippen molar-refractivity contribution in [2.24, 2.45) is 0 Å². The predicted octanol–water partition coefficient (Wildman–Crippen LogP) is 2.65. The molecule has 25 heavy (non-hydrogen) atoms. The summed E-state index contributed by atoms with van der Waals surface area (Å²) in [6, 6.07) is 12.3. The number of carbonyl (C=O) groups is 2. The molecular weight excluding hydrogens is 342 g/mol. The Balaban J connectivity index is 1.96. The molecule has 0 fully saturated rings. The van der Waals surface area contributed by atoms with Crippen LogP contribution in [0.25, 0.3) is 0 Å². The summed E-state index contributed by atoms with van der Waals surface area (Å²) in [5.74, 6) is -0.569. The average molecular weight is 359 g/mol. The number of rotatable bonds is 4. The van der Waals surface area contributed by atoms with E-state index < -0.39 is 16.0 Å². The van der Waals surface area contributed by atoms with E-state index >= 15 is 0 Å². The summed E-state index contributed by atoms with van der Waals surface area (Å²) in [6.45, 7) is 2.04. The first-order chi connectivity index (χ1) is 11.9. The van der Waals surface area contributed by atoms with Gasteiger partial charge in [-0.15, -0.1) is 0 Å². The van der Waals surface area contributed by atoms with Crippen molar-refractivity contribution in [2.75, 3.05) is 17.5 Å². The number of Topliss-reactive ketones (excluding diaryl/α,β-unsaturated/α-hetero) is 1. The normalized spacial score (nSPS) is 14.1. The summed E-state index contributed by atoms with van der Waals surface area (Å²) in [5.41, 5.74) is 1.07. The fourth-order valence-corrected chi connectivity index (χ4v) is 4.22. The maximum Gasteiger partial charge on any atom is 0.338 e. The van der Waals surface area contributed by atoms with Gasteiger partial charge in [0.15, 0.2) is 5.78 Å². The SMILES string of the molecule is CCOC(=O)c1ccc(S(=O)(=O)N2CCC(=O)c3ccccc32)cc1. The van der Waals surface area contributed by atoms with E-state index in [-0.39, 0.29) is 35.8 Å². The number of ketones is 1. The highest BCUT2D eigenvalue weighted by Gasteiger charge is 2.32. The molecule has 0 radical (unpaired) electrons. The third kappa shape index (κ3) is 3.15. The molecule has 0 unspecified atom stereocenters. The highest BCUT2D eigenvalue weighted by molar-refractivity contribution is 7.92. The van der Waals surface area contributed by atoms with Crippen molar-refractivity contribution in [3.8, 4) is 0 Å². The molecule has 7 heteroatoms. The van der Waals surface area contributed by atoms with Gasteiger partial charge < -0.3 is 4.74 Å². The summed E-state index contributed by atoms with van der Waals surface area (Å²) in [6.07, 6.45) is 0.136.